The number of aryl methyl sites for hydroxylation is 1. The summed E-state index contributed by atoms with van der Waals surface area (Å²) >= 11 is 0. The van der Waals surface area contributed by atoms with Crippen LogP contribution in [0.15, 0.2) is 53.3 Å². The second kappa shape index (κ2) is 9.39. The van der Waals surface area contributed by atoms with Crippen molar-refractivity contribution in [1.29, 1.82) is 0 Å². The first kappa shape index (κ1) is 24.0. The first-order valence-corrected chi connectivity index (χ1v) is 11.5. The van der Waals surface area contributed by atoms with E-state index in [0.29, 0.717) is 52.2 Å². The van der Waals surface area contributed by atoms with E-state index in [1.54, 1.807) is 50.6 Å². The standard InChI is InChI=1S/C25H24N8O4/c1-14-19(11-15(13-28-14)22(34)26-2)31-24-27-9-7-18(30-24)16-5-4-6-17(29-16)20-12-21(37-32-20)25(36)8-10-33(3)23(25)35/h4-7,9,11-13,36H,8,10H2,1-3H3,(H,26,34)(H,27,30,31). The van der Waals surface area contributed by atoms with Crippen LogP contribution in [0.5, 0.6) is 0 Å². The van der Waals surface area contributed by atoms with Crippen LogP contribution in [-0.4, -0.2) is 67.6 Å². The summed E-state index contributed by atoms with van der Waals surface area (Å²) in [5, 5.41) is 20.5. The second-order valence-electron chi connectivity index (χ2n) is 8.65. The van der Waals surface area contributed by atoms with E-state index in [-0.39, 0.29) is 18.1 Å². The lowest BCUT2D eigenvalue weighted by atomic mass is 9.98. The van der Waals surface area contributed by atoms with Crippen LogP contribution in [0.4, 0.5) is 11.6 Å². The van der Waals surface area contributed by atoms with E-state index in [0.717, 1.165) is 0 Å². The number of aliphatic hydroxyl groups is 1. The van der Waals surface area contributed by atoms with Crippen molar-refractivity contribution >= 4 is 23.5 Å². The topological polar surface area (TPSA) is 159 Å². The number of carbonyl (C=O) groups excluding carboxylic acids is 2. The third-order valence-corrected chi connectivity index (χ3v) is 6.18. The van der Waals surface area contributed by atoms with Gasteiger partial charge in [0, 0.05) is 45.5 Å². The quantitative estimate of drug-likeness (QED) is 0.357. The van der Waals surface area contributed by atoms with E-state index in [1.165, 1.54) is 17.2 Å². The highest BCUT2D eigenvalue weighted by Crippen LogP contribution is 2.34. The minimum atomic E-state index is -1.73. The fourth-order valence-corrected chi connectivity index (χ4v) is 4.00. The highest BCUT2D eigenvalue weighted by molar-refractivity contribution is 5.94. The van der Waals surface area contributed by atoms with Gasteiger partial charge in [0.2, 0.25) is 11.5 Å². The van der Waals surface area contributed by atoms with Crippen LogP contribution in [0, 0.1) is 6.92 Å². The molecule has 1 unspecified atom stereocenters. The molecule has 1 aliphatic rings. The molecule has 2 amide bonds. The lowest BCUT2D eigenvalue weighted by Crippen LogP contribution is -2.35. The number of anilines is 2. The zero-order chi connectivity index (χ0) is 26.2. The zero-order valence-electron chi connectivity index (χ0n) is 20.4. The molecule has 0 aliphatic carbocycles. The lowest BCUT2D eigenvalue weighted by molar-refractivity contribution is -0.144. The van der Waals surface area contributed by atoms with Gasteiger partial charge in [-0.1, -0.05) is 11.2 Å². The first-order chi connectivity index (χ1) is 17.8. The van der Waals surface area contributed by atoms with Gasteiger partial charge < -0.3 is 25.2 Å². The maximum atomic E-state index is 12.4. The molecular formula is C25H24N8O4. The third-order valence-electron chi connectivity index (χ3n) is 6.18. The van der Waals surface area contributed by atoms with E-state index < -0.39 is 11.5 Å². The Hall–Kier alpha value is -4.71. The largest absolute Gasteiger partial charge is 0.373 e. The fraction of sp³-hybridized carbons (Fsp3) is 0.240. The first-order valence-electron chi connectivity index (χ1n) is 11.5. The number of nitrogens with one attached hydrogen (secondary N) is 2. The van der Waals surface area contributed by atoms with Gasteiger partial charge in [0.05, 0.1) is 34.0 Å². The molecule has 188 valence electrons. The van der Waals surface area contributed by atoms with Crippen molar-refractivity contribution in [2.45, 2.75) is 18.9 Å². The average molecular weight is 501 g/mol. The average Bonchev–Trinajstić information content (AvgIpc) is 3.52. The molecule has 1 atom stereocenters. The molecule has 0 aromatic carbocycles. The van der Waals surface area contributed by atoms with E-state index in [1.807, 2.05) is 6.92 Å². The third kappa shape index (κ3) is 4.49. The molecule has 37 heavy (non-hydrogen) atoms. The van der Waals surface area contributed by atoms with Crippen LogP contribution in [0.3, 0.4) is 0 Å². The van der Waals surface area contributed by atoms with Gasteiger partial charge in [-0.2, -0.15) is 0 Å². The van der Waals surface area contributed by atoms with E-state index in [9.17, 15) is 14.7 Å². The Bertz CT molecular complexity index is 1500. The molecular weight excluding hydrogens is 476 g/mol. The van der Waals surface area contributed by atoms with Crippen molar-refractivity contribution in [2.75, 3.05) is 26.0 Å². The van der Waals surface area contributed by atoms with Gasteiger partial charge in [-0.15, -0.1) is 0 Å². The molecule has 4 aromatic rings. The Morgan fingerprint density at radius 3 is 2.59 bits per heavy atom. The molecule has 1 aliphatic heterocycles. The fourth-order valence-electron chi connectivity index (χ4n) is 4.00. The molecule has 0 saturated carbocycles. The maximum absolute atomic E-state index is 12.4. The molecule has 0 radical (unpaired) electrons. The summed E-state index contributed by atoms with van der Waals surface area (Å²) in [4.78, 5) is 43.6. The van der Waals surface area contributed by atoms with Gasteiger partial charge in [-0.3, -0.25) is 14.6 Å². The summed E-state index contributed by atoms with van der Waals surface area (Å²) in [5.74, 6) is -0.290. The van der Waals surface area contributed by atoms with Crippen LogP contribution in [0.25, 0.3) is 22.8 Å². The van der Waals surface area contributed by atoms with Gasteiger partial charge in [0.1, 0.15) is 5.69 Å². The number of nitrogens with zero attached hydrogens (tertiary/aromatic N) is 6. The molecule has 5 heterocycles. The predicted molar refractivity (Wildman–Crippen MR) is 133 cm³/mol. The highest BCUT2D eigenvalue weighted by atomic mass is 16.5. The van der Waals surface area contributed by atoms with Crippen LogP contribution in [0.2, 0.25) is 0 Å². The van der Waals surface area contributed by atoms with Crippen molar-refractivity contribution in [3.63, 3.8) is 0 Å². The van der Waals surface area contributed by atoms with Gasteiger partial charge in [-0.05, 0) is 31.2 Å². The minimum Gasteiger partial charge on any atom is -0.373 e. The summed E-state index contributed by atoms with van der Waals surface area (Å²) in [6.45, 7) is 2.24. The van der Waals surface area contributed by atoms with Crippen molar-refractivity contribution in [2.24, 2.45) is 0 Å². The number of amides is 2. The normalized spacial score (nSPS) is 17.2. The van der Waals surface area contributed by atoms with E-state index in [2.05, 4.69) is 35.7 Å². The number of hydrogen-bond donors (Lipinski definition) is 3. The molecule has 1 fully saturated rings. The number of pyridine rings is 2. The van der Waals surface area contributed by atoms with Crippen molar-refractivity contribution < 1.29 is 19.2 Å². The minimum absolute atomic E-state index is 0.0838. The molecule has 1 saturated heterocycles. The Balaban J connectivity index is 1.41. The number of likely N-dealkylation sites (tertiary alicyclic amines) is 1. The molecule has 0 bridgehead atoms. The maximum Gasteiger partial charge on any atom is 0.262 e. The molecule has 12 nitrogen and oxygen atoms in total. The lowest BCUT2D eigenvalue weighted by Gasteiger charge is -2.16. The number of hydrogen-bond acceptors (Lipinski definition) is 10. The van der Waals surface area contributed by atoms with Crippen LogP contribution >= 0.6 is 0 Å². The zero-order valence-corrected chi connectivity index (χ0v) is 20.4. The Morgan fingerprint density at radius 2 is 1.86 bits per heavy atom. The monoisotopic (exact) mass is 500 g/mol. The molecule has 12 heteroatoms. The SMILES string of the molecule is CNC(=O)c1cnc(C)c(Nc2nccc(-c3cccc(-c4cc(C5(O)CCN(C)C5=O)on4)n3)n2)c1. The number of carbonyl (C=O) groups is 2. The number of rotatable bonds is 6. The summed E-state index contributed by atoms with van der Waals surface area (Å²) in [6.07, 6.45) is 3.32. The van der Waals surface area contributed by atoms with E-state index in [4.69, 9.17) is 4.52 Å². The molecule has 3 N–H and O–H groups in total. The van der Waals surface area contributed by atoms with Crippen molar-refractivity contribution in [3.05, 3.63) is 65.8 Å². The summed E-state index contributed by atoms with van der Waals surface area (Å²) in [5.41, 5.74) is 1.92. The molecule has 5 rings (SSSR count). The van der Waals surface area contributed by atoms with Crippen molar-refractivity contribution in [3.8, 4) is 22.8 Å². The van der Waals surface area contributed by atoms with Crippen LogP contribution in [-0.2, 0) is 10.4 Å². The number of likely N-dealkylation sites (N-methyl/N-ethyl adjacent to an activating group) is 1. The Morgan fingerprint density at radius 1 is 1.11 bits per heavy atom. The smallest absolute Gasteiger partial charge is 0.262 e. The van der Waals surface area contributed by atoms with E-state index >= 15 is 0 Å². The van der Waals surface area contributed by atoms with Gasteiger partial charge in [-0.25, -0.2) is 15.0 Å². The second-order valence-corrected chi connectivity index (χ2v) is 8.65. The predicted octanol–water partition coefficient (Wildman–Crippen LogP) is 2.05. The van der Waals surface area contributed by atoms with Gasteiger partial charge >= 0.3 is 0 Å². The summed E-state index contributed by atoms with van der Waals surface area (Å²) in [6, 6.07) is 10.3. The Labute approximate surface area is 211 Å². The van der Waals surface area contributed by atoms with Crippen molar-refractivity contribution in [1.82, 2.24) is 35.3 Å². The van der Waals surface area contributed by atoms with Crippen LogP contribution in [0.1, 0.15) is 28.2 Å². The van der Waals surface area contributed by atoms with Crippen LogP contribution < -0.4 is 10.6 Å². The molecule has 0 spiro atoms. The highest BCUT2D eigenvalue weighted by Gasteiger charge is 2.48. The number of aromatic nitrogens is 5. The summed E-state index contributed by atoms with van der Waals surface area (Å²) in [7, 11) is 3.18. The molecule has 4 aromatic heterocycles. The Kier molecular flexibility index (Phi) is 6.09. The van der Waals surface area contributed by atoms with Gasteiger partial charge in [0.25, 0.3) is 11.8 Å². The van der Waals surface area contributed by atoms with Gasteiger partial charge in [0.15, 0.2) is 5.76 Å². The summed E-state index contributed by atoms with van der Waals surface area (Å²) < 4.78 is 5.34.